The Morgan fingerprint density at radius 2 is 2.18 bits per heavy atom. The first-order valence-electron chi connectivity index (χ1n) is 7.52. The first-order valence-corrected chi connectivity index (χ1v) is 7.52. The molecule has 0 unspecified atom stereocenters. The van der Waals surface area contributed by atoms with Crippen LogP contribution in [0.15, 0.2) is 12.3 Å². The van der Waals surface area contributed by atoms with Gasteiger partial charge in [0.15, 0.2) is 0 Å². The molecule has 1 aliphatic rings. The van der Waals surface area contributed by atoms with Crippen molar-refractivity contribution in [3.63, 3.8) is 0 Å². The van der Waals surface area contributed by atoms with Crippen LogP contribution in [0.3, 0.4) is 0 Å². The molecule has 0 aromatic carbocycles. The first kappa shape index (κ1) is 14.8. The van der Waals surface area contributed by atoms with Crippen LogP contribution >= 0.6 is 0 Å². The van der Waals surface area contributed by atoms with Crippen LogP contribution in [0.1, 0.15) is 45.7 Å². The van der Waals surface area contributed by atoms with Gasteiger partial charge in [0.2, 0.25) is 0 Å². The number of nitrogens with zero attached hydrogens (tertiary/aromatic N) is 2. The highest BCUT2D eigenvalue weighted by Gasteiger charge is 2.39. The van der Waals surface area contributed by atoms with Crippen LogP contribution in [0, 0.1) is 20.8 Å². The molecular weight excluding hydrogens is 280 g/mol. The number of hydrogen-bond donors (Lipinski definition) is 2. The number of aromatic amines is 2. The molecule has 6 nitrogen and oxygen atoms in total. The third-order valence-corrected chi connectivity index (χ3v) is 4.49. The van der Waals surface area contributed by atoms with Gasteiger partial charge in [-0.05, 0) is 32.4 Å². The number of H-pyrrole nitrogens is 2. The van der Waals surface area contributed by atoms with Crippen molar-refractivity contribution in [1.82, 2.24) is 19.9 Å². The SMILES string of the molecule is CO[C@@H]1C[C@@H](c2nc(C)c(C)[nH]2)N(C(=O)c2[nH]ccc2C)C1. The largest absolute Gasteiger partial charge is 0.380 e. The number of aryl methyl sites for hydroxylation is 3. The lowest BCUT2D eigenvalue weighted by molar-refractivity contribution is 0.0679. The molecule has 3 rings (SSSR count). The number of hydrogen-bond acceptors (Lipinski definition) is 3. The van der Waals surface area contributed by atoms with Gasteiger partial charge in [0.25, 0.3) is 5.91 Å². The first-order chi connectivity index (χ1) is 10.5. The fourth-order valence-electron chi connectivity index (χ4n) is 3.01. The van der Waals surface area contributed by atoms with E-state index in [1.807, 2.05) is 31.7 Å². The molecule has 22 heavy (non-hydrogen) atoms. The molecular formula is C16H22N4O2. The summed E-state index contributed by atoms with van der Waals surface area (Å²) in [6.07, 6.45) is 2.59. The number of carbonyl (C=O) groups is 1. The average molecular weight is 302 g/mol. The van der Waals surface area contributed by atoms with Crippen LogP contribution in [0.5, 0.6) is 0 Å². The minimum atomic E-state index is -0.0763. The number of ether oxygens (including phenoxy) is 1. The second-order valence-corrected chi connectivity index (χ2v) is 5.93. The van der Waals surface area contributed by atoms with Gasteiger partial charge in [0.05, 0.1) is 17.8 Å². The molecule has 2 aromatic heterocycles. The maximum absolute atomic E-state index is 12.9. The number of aromatic nitrogens is 3. The summed E-state index contributed by atoms with van der Waals surface area (Å²) in [5, 5.41) is 0. The van der Waals surface area contributed by atoms with Gasteiger partial charge >= 0.3 is 0 Å². The number of likely N-dealkylation sites (tertiary alicyclic amines) is 1. The lowest BCUT2D eigenvalue weighted by atomic mass is 10.1. The van der Waals surface area contributed by atoms with E-state index in [0.29, 0.717) is 12.2 Å². The molecule has 0 aliphatic carbocycles. The van der Waals surface area contributed by atoms with Crippen molar-refractivity contribution in [3.8, 4) is 0 Å². The van der Waals surface area contributed by atoms with Crippen LogP contribution in [0.2, 0.25) is 0 Å². The van der Waals surface area contributed by atoms with E-state index in [1.54, 1.807) is 13.3 Å². The Bertz CT molecular complexity index is 669. The molecule has 2 aromatic rings. The Labute approximate surface area is 129 Å². The molecule has 0 spiro atoms. The van der Waals surface area contributed by atoms with Gasteiger partial charge in [-0.1, -0.05) is 0 Å². The van der Waals surface area contributed by atoms with Gasteiger partial charge in [-0.25, -0.2) is 4.98 Å². The summed E-state index contributed by atoms with van der Waals surface area (Å²) >= 11 is 0. The monoisotopic (exact) mass is 302 g/mol. The Morgan fingerprint density at radius 1 is 1.41 bits per heavy atom. The van der Waals surface area contributed by atoms with E-state index < -0.39 is 0 Å². The lowest BCUT2D eigenvalue weighted by Crippen LogP contribution is -2.33. The van der Waals surface area contributed by atoms with Gasteiger partial charge < -0.3 is 19.6 Å². The minimum absolute atomic E-state index is 0.00115. The molecule has 0 saturated carbocycles. The van der Waals surface area contributed by atoms with E-state index in [0.717, 1.165) is 29.2 Å². The average Bonchev–Trinajstić information content (AvgIpc) is 3.18. The summed E-state index contributed by atoms with van der Waals surface area (Å²) in [4.78, 5) is 25.6. The summed E-state index contributed by atoms with van der Waals surface area (Å²) < 4.78 is 5.48. The van der Waals surface area contributed by atoms with Crippen molar-refractivity contribution >= 4 is 5.91 Å². The summed E-state index contributed by atoms with van der Waals surface area (Å²) in [5.41, 5.74) is 3.61. The molecule has 1 saturated heterocycles. The minimum Gasteiger partial charge on any atom is -0.380 e. The summed E-state index contributed by atoms with van der Waals surface area (Å²) in [6.45, 7) is 6.48. The topological polar surface area (TPSA) is 74.0 Å². The van der Waals surface area contributed by atoms with Gasteiger partial charge in [-0.3, -0.25) is 4.79 Å². The van der Waals surface area contributed by atoms with Crippen LogP contribution in [0.25, 0.3) is 0 Å². The zero-order valence-corrected chi connectivity index (χ0v) is 13.4. The molecule has 1 aliphatic heterocycles. The second kappa shape index (κ2) is 5.61. The maximum atomic E-state index is 12.9. The lowest BCUT2D eigenvalue weighted by Gasteiger charge is -2.22. The number of rotatable bonds is 3. The highest BCUT2D eigenvalue weighted by molar-refractivity contribution is 5.94. The Morgan fingerprint density at radius 3 is 2.73 bits per heavy atom. The van der Waals surface area contributed by atoms with Crippen molar-refractivity contribution < 1.29 is 9.53 Å². The third kappa shape index (κ3) is 2.43. The van der Waals surface area contributed by atoms with Crippen LogP contribution in [0.4, 0.5) is 0 Å². The zero-order valence-electron chi connectivity index (χ0n) is 13.4. The van der Waals surface area contributed by atoms with E-state index >= 15 is 0 Å². The molecule has 6 heteroatoms. The highest BCUT2D eigenvalue weighted by atomic mass is 16.5. The number of nitrogens with one attached hydrogen (secondary N) is 2. The van der Waals surface area contributed by atoms with Crippen LogP contribution in [-0.4, -0.2) is 45.5 Å². The number of imidazole rings is 1. The maximum Gasteiger partial charge on any atom is 0.271 e. The number of amides is 1. The number of carbonyl (C=O) groups excluding carboxylic acids is 1. The summed E-state index contributed by atoms with van der Waals surface area (Å²) in [6, 6.07) is 1.83. The van der Waals surface area contributed by atoms with E-state index in [1.165, 1.54) is 0 Å². The molecule has 2 N–H and O–H groups in total. The molecule has 3 heterocycles. The van der Waals surface area contributed by atoms with E-state index in [4.69, 9.17) is 4.74 Å². The fourth-order valence-corrected chi connectivity index (χ4v) is 3.01. The molecule has 118 valence electrons. The smallest absolute Gasteiger partial charge is 0.271 e. The van der Waals surface area contributed by atoms with Gasteiger partial charge in [-0.2, -0.15) is 0 Å². The quantitative estimate of drug-likeness (QED) is 0.913. The Balaban J connectivity index is 1.93. The normalized spacial score (nSPS) is 21.5. The van der Waals surface area contributed by atoms with Gasteiger partial charge in [-0.15, -0.1) is 0 Å². The van der Waals surface area contributed by atoms with Crippen molar-refractivity contribution in [2.45, 2.75) is 39.3 Å². The van der Waals surface area contributed by atoms with Crippen molar-refractivity contribution in [2.24, 2.45) is 0 Å². The van der Waals surface area contributed by atoms with Crippen molar-refractivity contribution in [2.75, 3.05) is 13.7 Å². The van der Waals surface area contributed by atoms with Crippen molar-refractivity contribution in [1.29, 1.82) is 0 Å². The third-order valence-electron chi connectivity index (χ3n) is 4.49. The predicted octanol–water partition coefficient (Wildman–Crippen LogP) is 2.27. The van der Waals surface area contributed by atoms with E-state index in [2.05, 4.69) is 15.0 Å². The Kier molecular flexibility index (Phi) is 3.78. The molecule has 0 radical (unpaired) electrons. The fraction of sp³-hybridized carbons (Fsp3) is 0.500. The summed E-state index contributed by atoms with van der Waals surface area (Å²) in [5.74, 6) is 0.839. The van der Waals surface area contributed by atoms with Gasteiger partial charge in [0, 0.05) is 32.0 Å². The predicted molar refractivity (Wildman–Crippen MR) is 82.8 cm³/mol. The standard InChI is InChI=1S/C16H22N4O2/c1-9-5-6-17-14(9)16(21)20-8-12(22-4)7-13(20)15-18-10(2)11(3)19-15/h5-6,12-13,17H,7-8H2,1-4H3,(H,18,19)/t12-,13+/m1/s1. The highest BCUT2D eigenvalue weighted by Crippen LogP contribution is 2.33. The zero-order chi connectivity index (χ0) is 15.9. The van der Waals surface area contributed by atoms with E-state index in [-0.39, 0.29) is 18.1 Å². The van der Waals surface area contributed by atoms with E-state index in [9.17, 15) is 4.79 Å². The Hall–Kier alpha value is -2.08. The van der Waals surface area contributed by atoms with Crippen molar-refractivity contribution in [3.05, 3.63) is 40.7 Å². The molecule has 1 fully saturated rings. The molecule has 1 amide bonds. The second-order valence-electron chi connectivity index (χ2n) is 5.93. The van der Waals surface area contributed by atoms with Crippen LogP contribution < -0.4 is 0 Å². The van der Waals surface area contributed by atoms with Crippen LogP contribution in [-0.2, 0) is 4.74 Å². The number of methoxy groups -OCH3 is 1. The summed E-state index contributed by atoms with van der Waals surface area (Å²) in [7, 11) is 1.69. The molecule has 0 bridgehead atoms. The van der Waals surface area contributed by atoms with Gasteiger partial charge in [0.1, 0.15) is 11.5 Å². The molecule has 2 atom stereocenters.